The highest BCUT2D eigenvalue weighted by Crippen LogP contribution is 2.30. The molecule has 0 spiro atoms. The number of benzene rings is 2. The minimum atomic E-state index is -0.951. The number of carbonyl (C=O) groups excluding carboxylic acids is 3. The topological polar surface area (TPSA) is 161 Å². The van der Waals surface area contributed by atoms with Gasteiger partial charge in [-0.05, 0) is 46.8 Å². The van der Waals surface area contributed by atoms with E-state index in [4.69, 9.17) is 22.1 Å². The van der Waals surface area contributed by atoms with Crippen molar-refractivity contribution in [3.8, 4) is 5.69 Å². The molecule has 1 fully saturated rings. The second-order valence-electron chi connectivity index (χ2n) is 8.41. The van der Waals surface area contributed by atoms with Crippen LogP contribution in [0.2, 0.25) is 5.02 Å². The smallest absolute Gasteiger partial charge is 0.247 e. The fourth-order valence-corrected chi connectivity index (χ4v) is 4.27. The minimum Gasteiger partial charge on any atom is -0.398 e. The number of piperazine rings is 1. The molecule has 1 atom stereocenters. The molecule has 3 N–H and O–H groups in total. The molecule has 0 aliphatic carbocycles. The fraction of sp³-hybridized carbons (Fsp3) is 0.292. The molecule has 0 saturated carbocycles. The third-order valence-corrected chi connectivity index (χ3v) is 6.18. The molecule has 0 radical (unpaired) electrons. The lowest BCUT2D eigenvalue weighted by Crippen LogP contribution is -2.59. The van der Waals surface area contributed by atoms with E-state index in [0.29, 0.717) is 33.3 Å². The lowest BCUT2D eigenvalue weighted by Gasteiger charge is -2.38. The Bertz CT molecular complexity index is 1360. The molecule has 2 heterocycles. The Labute approximate surface area is 223 Å². The van der Waals surface area contributed by atoms with Crippen molar-refractivity contribution in [3.63, 3.8) is 0 Å². The number of methoxy groups -OCH3 is 1. The molecule has 0 bridgehead atoms. The number of tetrazole rings is 1. The number of ether oxygens (including phenoxy) is 1. The maximum absolute atomic E-state index is 13.3. The third-order valence-electron chi connectivity index (χ3n) is 5.94. The SMILES string of the molecule is CN=Cc1cc(NC(=O)C(CCOC)N2CC(=O)N(c3cc(Cl)ccc3-n3cnnn3)CC2=O)ccc1N. The molecule has 1 unspecified atom stereocenters. The van der Waals surface area contributed by atoms with Crippen LogP contribution in [0.1, 0.15) is 12.0 Å². The number of nitrogens with zero attached hydrogens (tertiary/aromatic N) is 7. The highest BCUT2D eigenvalue weighted by molar-refractivity contribution is 6.31. The predicted octanol–water partition coefficient (Wildman–Crippen LogP) is 1.17. The van der Waals surface area contributed by atoms with Crippen molar-refractivity contribution >= 4 is 52.6 Å². The van der Waals surface area contributed by atoms with Crippen LogP contribution in [0, 0.1) is 0 Å². The Morgan fingerprint density at radius 1 is 1.21 bits per heavy atom. The van der Waals surface area contributed by atoms with Crippen molar-refractivity contribution in [2.75, 3.05) is 49.8 Å². The maximum atomic E-state index is 13.3. The first-order valence-electron chi connectivity index (χ1n) is 11.6. The van der Waals surface area contributed by atoms with Gasteiger partial charge in [-0.3, -0.25) is 24.3 Å². The van der Waals surface area contributed by atoms with Gasteiger partial charge in [-0.1, -0.05) is 11.6 Å². The molecule has 1 saturated heterocycles. The van der Waals surface area contributed by atoms with E-state index in [9.17, 15) is 14.4 Å². The third kappa shape index (κ3) is 5.79. The molecule has 1 aliphatic heterocycles. The Balaban J connectivity index is 1.57. The molecule has 2 aromatic carbocycles. The molecule has 4 rings (SSSR count). The number of hydrogen-bond donors (Lipinski definition) is 2. The number of nitrogens with two attached hydrogens (primary N) is 1. The monoisotopic (exact) mass is 539 g/mol. The number of halogens is 1. The molecular formula is C24H26ClN9O4. The fourth-order valence-electron chi connectivity index (χ4n) is 4.10. The normalized spacial score (nSPS) is 14.8. The van der Waals surface area contributed by atoms with E-state index in [-0.39, 0.29) is 26.1 Å². The Kier molecular flexibility index (Phi) is 8.28. The van der Waals surface area contributed by atoms with Crippen LogP contribution >= 0.6 is 11.6 Å². The first-order valence-corrected chi connectivity index (χ1v) is 11.9. The average Bonchev–Trinajstić information content (AvgIpc) is 3.43. The summed E-state index contributed by atoms with van der Waals surface area (Å²) in [4.78, 5) is 46.6. The lowest BCUT2D eigenvalue weighted by molar-refractivity contribution is -0.144. The summed E-state index contributed by atoms with van der Waals surface area (Å²) in [6.45, 7) is -0.422. The van der Waals surface area contributed by atoms with Gasteiger partial charge in [0.2, 0.25) is 17.7 Å². The van der Waals surface area contributed by atoms with Crippen molar-refractivity contribution in [1.29, 1.82) is 0 Å². The summed E-state index contributed by atoms with van der Waals surface area (Å²) in [7, 11) is 3.11. The number of hydrogen-bond acceptors (Lipinski definition) is 9. The molecule has 1 aliphatic rings. The van der Waals surface area contributed by atoms with E-state index in [2.05, 4.69) is 25.8 Å². The molecule has 38 heavy (non-hydrogen) atoms. The number of anilines is 3. The van der Waals surface area contributed by atoms with Crippen molar-refractivity contribution in [2.24, 2.45) is 4.99 Å². The van der Waals surface area contributed by atoms with Crippen molar-refractivity contribution in [1.82, 2.24) is 25.1 Å². The number of carbonyl (C=O) groups is 3. The number of nitrogens with one attached hydrogen (secondary N) is 1. The number of amides is 3. The van der Waals surface area contributed by atoms with Gasteiger partial charge < -0.3 is 20.7 Å². The standard InChI is InChI=1S/C24H26ClN9O4/c1-27-11-15-9-17(4-5-18(15)26)29-24(37)20(7-8-38-2)32-12-23(36)33(13-22(32)35)21-10-16(25)3-6-19(21)34-14-28-30-31-34/h3-6,9-11,14,20H,7-8,12-13,26H2,1-2H3,(H,29,37). The highest BCUT2D eigenvalue weighted by atomic mass is 35.5. The van der Waals surface area contributed by atoms with E-state index in [1.165, 1.54) is 27.9 Å². The molecule has 1 aromatic heterocycles. The zero-order valence-corrected chi connectivity index (χ0v) is 21.5. The number of aromatic nitrogens is 4. The van der Waals surface area contributed by atoms with Crippen LogP contribution in [0.3, 0.4) is 0 Å². The lowest BCUT2D eigenvalue weighted by atomic mass is 10.1. The minimum absolute atomic E-state index is 0.187. The van der Waals surface area contributed by atoms with Crippen LogP contribution in [0.4, 0.5) is 17.1 Å². The van der Waals surface area contributed by atoms with Gasteiger partial charge in [0.1, 0.15) is 25.5 Å². The molecule has 3 amide bonds. The number of rotatable bonds is 9. The average molecular weight is 540 g/mol. The summed E-state index contributed by atoms with van der Waals surface area (Å²) in [5.41, 5.74) is 8.41. The molecule has 14 heteroatoms. The Morgan fingerprint density at radius 2 is 2.03 bits per heavy atom. The van der Waals surface area contributed by atoms with Crippen LogP contribution in [0.5, 0.6) is 0 Å². The quantitative estimate of drug-likeness (QED) is 0.302. The van der Waals surface area contributed by atoms with Gasteiger partial charge in [0, 0.05) is 55.4 Å². The summed E-state index contributed by atoms with van der Waals surface area (Å²) in [6.07, 6.45) is 3.14. The van der Waals surface area contributed by atoms with Gasteiger partial charge in [0.25, 0.3) is 0 Å². The zero-order chi connectivity index (χ0) is 27.2. The van der Waals surface area contributed by atoms with Crippen molar-refractivity contribution in [3.05, 3.63) is 53.3 Å². The van der Waals surface area contributed by atoms with Crippen LogP contribution < -0.4 is 16.0 Å². The van der Waals surface area contributed by atoms with Gasteiger partial charge >= 0.3 is 0 Å². The second kappa shape index (κ2) is 11.8. The van der Waals surface area contributed by atoms with E-state index in [1.807, 2.05) is 0 Å². The largest absolute Gasteiger partial charge is 0.398 e. The van der Waals surface area contributed by atoms with Crippen LogP contribution in [0.25, 0.3) is 5.69 Å². The maximum Gasteiger partial charge on any atom is 0.247 e. The van der Waals surface area contributed by atoms with Gasteiger partial charge in [-0.15, -0.1) is 5.10 Å². The van der Waals surface area contributed by atoms with Gasteiger partial charge in [0.15, 0.2) is 0 Å². The summed E-state index contributed by atoms with van der Waals surface area (Å²) in [6, 6.07) is 8.87. The van der Waals surface area contributed by atoms with Crippen LogP contribution in [-0.2, 0) is 19.1 Å². The zero-order valence-electron chi connectivity index (χ0n) is 20.7. The first-order chi connectivity index (χ1) is 18.3. The van der Waals surface area contributed by atoms with E-state index >= 15 is 0 Å². The Morgan fingerprint density at radius 3 is 2.74 bits per heavy atom. The van der Waals surface area contributed by atoms with E-state index in [1.54, 1.807) is 49.7 Å². The summed E-state index contributed by atoms with van der Waals surface area (Å²) >= 11 is 6.20. The van der Waals surface area contributed by atoms with Gasteiger partial charge in [0.05, 0.1) is 11.4 Å². The first kappa shape index (κ1) is 26.7. The van der Waals surface area contributed by atoms with Crippen molar-refractivity contribution in [2.45, 2.75) is 12.5 Å². The molecule has 198 valence electrons. The van der Waals surface area contributed by atoms with Crippen LogP contribution in [0.15, 0.2) is 47.7 Å². The Hall–Kier alpha value is -4.36. The van der Waals surface area contributed by atoms with Gasteiger partial charge in [-0.2, -0.15) is 4.68 Å². The van der Waals surface area contributed by atoms with Gasteiger partial charge in [-0.25, -0.2) is 0 Å². The summed E-state index contributed by atoms with van der Waals surface area (Å²) in [5, 5.41) is 14.3. The molecule has 13 nitrogen and oxygen atoms in total. The summed E-state index contributed by atoms with van der Waals surface area (Å²) in [5.74, 6) is -1.28. The molecular weight excluding hydrogens is 514 g/mol. The number of nitrogen functional groups attached to an aromatic ring is 1. The van der Waals surface area contributed by atoms with Crippen LogP contribution in [-0.4, -0.2) is 88.9 Å². The van der Waals surface area contributed by atoms with Crippen molar-refractivity contribution < 1.29 is 19.1 Å². The molecule has 3 aromatic rings. The highest BCUT2D eigenvalue weighted by Gasteiger charge is 2.38. The van der Waals surface area contributed by atoms with E-state index in [0.717, 1.165) is 0 Å². The number of aliphatic imine (C=N–C) groups is 1. The summed E-state index contributed by atoms with van der Waals surface area (Å²) < 4.78 is 6.54. The second-order valence-corrected chi connectivity index (χ2v) is 8.84. The van der Waals surface area contributed by atoms with E-state index < -0.39 is 23.8 Å². The predicted molar refractivity (Wildman–Crippen MR) is 142 cm³/mol.